The molecule has 0 N–H and O–H groups in total. The molecule has 1 saturated heterocycles. The molecule has 0 unspecified atom stereocenters. The Morgan fingerprint density at radius 2 is 1.91 bits per heavy atom. The number of nitrogens with zero attached hydrogens (tertiary/aromatic N) is 3. The minimum absolute atomic E-state index is 0.0298. The molecule has 10 nitrogen and oxygen atoms in total. The highest BCUT2D eigenvalue weighted by Gasteiger charge is 2.37. The fourth-order valence-electron chi connectivity index (χ4n) is 5.05. The number of benzene rings is 1. The summed E-state index contributed by atoms with van der Waals surface area (Å²) in [5.74, 6) is 0.737. The largest absolute Gasteiger partial charge is 0.496 e. The molecule has 0 amide bonds. The maximum Gasteiger partial charge on any atom is 0.260 e. The van der Waals surface area contributed by atoms with Crippen molar-refractivity contribution in [1.82, 2.24) is 14.5 Å². The fraction of sp³-hybridized carbons (Fsp3) is 0.360. The van der Waals surface area contributed by atoms with Crippen molar-refractivity contribution in [3.8, 4) is 28.8 Å². The van der Waals surface area contributed by atoms with Crippen LogP contribution in [-0.4, -0.2) is 73.3 Å². The van der Waals surface area contributed by atoms with E-state index in [0.717, 1.165) is 19.6 Å². The molecule has 2 aromatic heterocycles. The second-order valence-electron chi connectivity index (χ2n) is 8.67. The molecule has 10 heteroatoms. The van der Waals surface area contributed by atoms with Gasteiger partial charge in [0.2, 0.25) is 6.79 Å². The Kier molecular flexibility index (Phi) is 5.27. The number of hydrogen-bond acceptors (Lipinski definition) is 9. The first-order valence-corrected chi connectivity index (χ1v) is 11.5. The molecule has 0 radical (unpaired) electrons. The summed E-state index contributed by atoms with van der Waals surface area (Å²) in [6, 6.07) is 4.71. The number of morpholine rings is 1. The predicted molar refractivity (Wildman–Crippen MR) is 125 cm³/mol. The van der Waals surface area contributed by atoms with E-state index in [2.05, 4.69) is 9.88 Å². The first kappa shape index (κ1) is 21.8. The van der Waals surface area contributed by atoms with Crippen LogP contribution in [0.3, 0.4) is 0 Å². The zero-order valence-corrected chi connectivity index (χ0v) is 19.2. The molecule has 4 heterocycles. The summed E-state index contributed by atoms with van der Waals surface area (Å²) >= 11 is 0. The Bertz CT molecular complexity index is 1440. The average Bonchev–Trinajstić information content (AvgIpc) is 3.46. The van der Waals surface area contributed by atoms with Crippen LogP contribution in [0.25, 0.3) is 22.2 Å². The van der Waals surface area contributed by atoms with Crippen LogP contribution in [0.1, 0.15) is 32.7 Å². The molecule has 1 fully saturated rings. The molecule has 35 heavy (non-hydrogen) atoms. The van der Waals surface area contributed by atoms with Crippen LogP contribution >= 0.6 is 0 Å². The number of ketones is 1. The maximum atomic E-state index is 13.8. The number of methoxy groups -OCH3 is 1. The lowest BCUT2D eigenvalue weighted by Gasteiger charge is -2.26. The van der Waals surface area contributed by atoms with E-state index in [1.165, 1.54) is 13.2 Å². The highest BCUT2D eigenvalue weighted by Crippen LogP contribution is 2.44. The van der Waals surface area contributed by atoms with Crippen LogP contribution in [0.2, 0.25) is 0 Å². The monoisotopic (exact) mass is 477 g/mol. The van der Waals surface area contributed by atoms with Crippen molar-refractivity contribution < 1.29 is 28.5 Å². The maximum absolute atomic E-state index is 13.8. The van der Waals surface area contributed by atoms with Crippen molar-refractivity contribution in [2.24, 2.45) is 0 Å². The van der Waals surface area contributed by atoms with Gasteiger partial charge in [0.15, 0.2) is 17.8 Å². The zero-order valence-electron chi connectivity index (χ0n) is 19.2. The van der Waals surface area contributed by atoms with Gasteiger partial charge in [-0.1, -0.05) is 0 Å². The lowest BCUT2D eigenvalue weighted by atomic mass is 10.00. The summed E-state index contributed by atoms with van der Waals surface area (Å²) in [6.45, 7) is 4.29. The molecule has 2 aliphatic heterocycles. The molecule has 0 spiro atoms. The van der Waals surface area contributed by atoms with Crippen LogP contribution in [0, 0.1) is 0 Å². The van der Waals surface area contributed by atoms with Crippen molar-refractivity contribution in [2.45, 2.75) is 13.0 Å². The van der Waals surface area contributed by atoms with E-state index in [1.54, 1.807) is 16.7 Å². The lowest BCUT2D eigenvalue weighted by Crippen LogP contribution is -2.37. The third kappa shape index (κ3) is 3.40. The fourth-order valence-corrected chi connectivity index (χ4v) is 5.05. The summed E-state index contributed by atoms with van der Waals surface area (Å²) in [7, 11) is 1.44. The molecule has 0 atom stereocenters. The Balaban J connectivity index is 1.54. The second-order valence-corrected chi connectivity index (χ2v) is 8.67. The first-order valence-electron chi connectivity index (χ1n) is 11.5. The second kappa shape index (κ2) is 8.47. The lowest BCUT2D eigenvalue weighted by molar-refractivity contribution is 0.0369. The summed E-state index contributed by atoms with van der Waals surface area (Å²) in [6.07, 6.45) is 1.34. The third-order valence-corrected chi connectivity index (χ3v) is 6.77. The summed E-state index contributed by atoms with van der Waals surface area (Å²) in [4.78, 5) is 45.9. The van der Waals surface area contributed by atoms with E-state index in [4.69, 9.17) is 18.9 Å². The van der Waals surface area contributed by atoms with Crippen molar-refractivity contribution in [3.05, 3.63) is 45.2 Å². The van der Waals surface area contributed by atoms with E-state index < -0.39 is 0 Å². The number of pyridine rings is 2. The number of aromatic nitrogens is 2. The van der Waals surface area contributed by atoms with Crippen molar-refractivity contribution in [1.29, 1.82) is 0 Å². The van der Waals surface area contributed by atoms with Gasteiger partial charge in [0.1, 0.15) is 11.4 Å². The van der Waals surface area contributed by atoms with E-state index >= 15 is 0 Å². The van der Waals surface area contributed by atoms with Gasteiger partial charge in [0.25, 0.3) is 11.4 Å². The first-order chi connectivity index (χ1) is 17.1. The molecule has 0 bridgehead atoms. The van der Waals surface area contributed by atoms with Gasteiger partial charge in [0, 0.05) is 37.0 Å². The number of aldehydes is 1. The van der Waals surface area contributed by atoms with Gasteiger partial charge in [-0.15, -0.1) is 0 Å². The minimum atomic E-state index is -0.286. The molecule has 1 aliphatic carbocycles. The standard InChI is InChI=1S/C25H23N3O7/c1-32-18-10-15-16(9-14(18)12-29)25(31)28(4-2-3-27-5-7-33-8-6-27)22-20(15)23(30)17-11-19-24(26-21(17)22)35-13-34-19/h9-12H,2-8,13H2,1H3. The number of fused-ring (bicyclic) bond motifs is 6. The SMILES string of the molecule is COc1cc2c3c(n(CCCN4CCOCC4)c(=O)c2cc1C=O)-c1nc2c(cc1C3=O)OCO2. The van der Waals surface area contributed by atoms with Gasteiger partial charge >= 0.3 is 0 Å². The molecule has 3 aromatic rings. The molecular weight excluding hydrogens is 454 g/mol. The van der Waals surface area contributed by atoms with Crippen LogP contribution in [-0.2, 0) is 11.3 Å². The molecule has 0 saturated carbocycles. The number of ether oxygens (including phenoxy) is 4. The smallest absolute Gasteiger partial charge is 0.260 e. The van der Waals surface area contributed by atoms with Gasteiger partial charge in [-0.05, 0) is 24.6 Å². The normalized spacial score (nSPS) is 16.4. The quantitative estimate of drug-likeness (QED) is 0.385. The molecular formula is C25H23N3O7. The Morgan fingerprint density at radius 3 is 2.69 bits per heavy atom. The number of hydrogen-bond donors (Lipinski definition) is 0. The van der Waals surface area contributed by atoms with E-state index in [0.29, 0.717) is 83.1 Å². The van der Waals surface area contributed by atoms with Crippen LogP contribution in [0.4, 0.5) is 0 Å². The van der Waals surface area contributed by atoms with Crippen molar-refractivity contribution in [2.75, 3.05) is 46.8 Å². The highest BCUT2D eigenvalue weighted by atomic mass is 16.7. The highest BCUT2D eigenvalue weighted by molar-refractivity contribution is 6.26. The zero-order chi connectivity index (χ0) is 24.1. The molecule has 180 valence electrons. The molecule has 6 rings (SSSR count). The summed E-state index contributed by atoms with van der Waals surface area (Å²) < 4.78 is 23.3. The molecule has 1 aromatic carbocycles. The Hall–Kier alpha value is -3.76. The van der Waals surface area contributed by atoms with Crippen LogP contribution in [0.15, 0.2) is 23.0 Å². The molecule has 3 aliphatic rings. The summed E-state index contributed by atoms with van der Waals surface area (Å²) in [5, 5.41) is 0.723. The van der Waals surface area contributed by atoms with Crippen molar-refractivity contribution in [3.63, 3.8) is 0 Å². The summed E-state index contributed by atoms with van der Waals surface area (Å²) in [5.41, 5.74) is 1.55. The van der Waals surface area contributed by atoms with Gasteiger partial charge in [-0.25, -0.2) is 4.98 Å². The average molecular weight is 477 g/mol. The van der Waals surface area contributed by atoms with Gasteiger partial charge in [0.05, 0.1) is 42.7 Å². The van der Waals surface area contributed by atoms with Crippen LogP contribution in [0.5, 0.6) is 17.4 Å². The number of rotatable bonds is 6. The minimum Gasteiger partial charge on any atom is -0.496 e. The Labute approximate surface area is 200 Å². The van der Waals surface area contributed by atoms with E-state index in [1.807, 2.05) is 0 Å². The van der Waals surface area contributed by atoms with E-state index in [-0.39, 0.29) is 23.7 Å². The van der Waals surface area contributed by atoms with Crippen LogP contribution < -0.4 is 19.8 Å². The number of carbonyl (C=O) groups is 2. The predicted octanol–water partition coefficient (Wildman–Crippen LogP) is 1.88. The Morgan fingerprint density at radius 1 is 1.09 bits per heavy atom. The van der Waals surface area contributed by atoms with Crippen molar-refractivity contribution >= 4 is 22.8 Å². The van der Waals surface area contributed by atoms with E-state index in [9.17, 15) is 14.4 Å². The number of carbonyl (C=O) groups excluding carboxylic acids is 2. The van der Waals surface area contributed by atoms with Gasteiger partial charge < -0.3 is 23.5 Å². The van der Waals surface area contributed by atoms with Gasteiger partial charge in [-0.2, -0.15) is 0 Å². The van der Waals surface area contributed by atoms with Gasteiger partial charge in [-0.3, -0.25) is 19.3 Å². The topological polar surface area (TPSA) is 109 Å². The third-order valence-electron chi connectivity index (χ3n) is 6.77.